The maximum atomic E-state index is 5.42. The summed E-state index contributed by atoms with van der Waals surface area (Å²) >= 11 is 0. The topological polar surface area (TPSA) is 70.8 Å². The summed E-state index contributed by atoms with van der Waals surface area (Å²) in [7, 11) is 3.92. The van der Waals surface area contributed by atoms with E-state index in [1.54, 1.807) is 0 Å². The minimum atomic E-state index is 0.693. The average Bonchev–Trinajstić information content (AvgIpc) is 3.06. The number of fused-ring (bicyclic) bond motifs is 2. The summed E-state index contributed by atoms with van der Waals surface area (Å²) in [6, 6.07) is 0. The number of rotatable bonds is 5. The molecule has 0 saturated carbocycles. The van der Waals surface area contributed by atoms with E-state index in [2.05, 4.69) is 20.3 Å². The molecule has 1 aliphatic carbocycles. The van der Waals surface area contributed by atoms with Crippen molar-refractivity contribution in [2.75, 3.05) is 63.7 Å². The Morgan fingerprint density at radius 2 is 1.92 bits per heavy atom. The lowest BCUT2D eigenvalue weighted by atomic mass is 9.96. The maximum Gasteiger partial charge on any atom is 0.256 e. The highest BCUT2D eigenvalue weighted by Crippen LogP contribution is 2.27. The summed E-state index contributed by atoms with van der Waals surface area (Å²) in [6.45, 7) is 5.60. The molecule has 1 fully saturated rings. The van der Waals surface area contributed by atoms with Crippen LogP contribution in [0.3, 0.4) is 0 Å². The van der Waals surface area contributed by atoms with Gasteiger partial charge in [-0.15, -0.1) is 5.10 Å². The van der Waals surface area contributed by atoms with E-state index in [4.69, 9.17) is 9.72 Å². The fourth-order valence-corrected chi connectivity index (χ4v) is 3.56. The lowest BCUT2D eigenvalue weighted by Crippen LogP contribution is -2.39. The van der Waals surface area contributed by atoms with Crippen LogP contribution in [0, 0.1) is 0 Å². The van der Waals surface area contributed by atoms with Crippen molar-refractivity contribution in [2.45, 2.75) is 25.7 Å². The van der Waals surface area contributed by atoms with Crippen LogP contribution < -0.4 is 10.2 Å². The maximum absolute atomic E-state index is 5.42. The van der Waals surface area contributed by atoms with Crippen LogP contribution in [0.25, 0.3) is 5.78 Å². The van der Waals surface area contributed by atoms with Gasteiger partial charge >= 0.3 is 0 Å². The highest BCUT2D eigenvalue weighted by Gasteiger charge is 2.21. The number of hydrogen-bond acceptors (Lipinski definition) is 7. The summed E-state index contributed by atoms with van der Waals surface area (Å²) in [5.74, 6) is 2.47. The first-order chi connectivity index (χ1) is 12.2. The zero-order chi connectivity index (χ0) is 17.2. The Hall–Kier alpha value is -1.93. The molecule has 8 nitrogen and oxygen atoms in total. The van der Waals surface area contributed by atoms with Crippen LogP contribution in [0.4, 0.5) is 11.8 Å². The van der Waals surface area contributed by atoms with Gasteiger partial charge in [0.05, 0.1) is 18.9 Å². The molecule has 4 rings (SSSR count). The first kappa shape index (κ1) is 16.5. The zero-order valence-electron chi connectivity index (χ0n) is 15.2. The Balaban J connectivity index is 1.60. The van der Waals surface area contributed by atoms with Gasteiger partial charge in [0.15, 0.2) is 0 Å². The molecule has 0 aromatic carbocycles. The fraction of sp³-hybridized carbons (Fsp3) is 0.706. The molecule has 0 unspecified atom stereocenters. The van der Waals surface area contributed by atoms with Crippen molar-refractivity contribution >= 4 is 17.5 Å². The van der Waals surface area contributed by atoms with E-state index in [-0.39, 0.29) is 0 Å². The van der Waals surface area contributed by atoms with Gasteiger partial charge in [0, 0.05) is 45.8 Å². The summed E-state index contributed by atoms with van der Waals surface area (Å²) in [5, 5.41) is 8.29. The predicted octanol–water partition coefficient (Wildman–Crippen LogP) is 0.813. The first-order valence-corrected chi connectivity index (χ1v) is 9.22. The molecule has 1 aliphatic heterocycles. The van der Waals surface area contributed by atoms with E-state index >= 15 is 0 Å². The summed E-state index contributed by atoms with van der Waals surface area (Å²) in [4.78, 5) is 13.7. The minimum Gasteiger partial charge on any atom is -0.379 e. The molecule has 0 amide bonds. The minimum absolute atomic E-state index is 0.693. The highest BCUT2D eigenvalue weighted by molar-refractivity contribution is 5.55. The molecule has 0 spiro atoms. The second-order valence-electron chi connectivity index (χ2n) is 6.99. The molecular formula is C17H27N7O. The molecule has 1 saturated heterocycles. The van der Waals surface area contributed by atoms with Crippen molar-refractivity contribution in [3.05, 3.63) is 11.3 Å². The summed E-state index contributed by atoms with van der Waals surface area (Å²) in [5.41, 5.74) is 2.50. The Labute approximate surface area is 148 Å². The number of anilines is 2. The molecule has 2 aromatic heterocycles. The number of hydrogen-bond donors (Lipinski definition) is 1. The second kappa shape index (κ2) is 7.13. The number of nitrogens with zero attached hydrogens (tertiary/aromatic N) is 6. The van der Waals surface area contributed by atoms with Gasteiger partial charge in [-0.2, -0.15) is 9.50 Å². The molecule has 25 heavy (non-hydrogen) atoms. The van der Waals surface area contributed by atoms with Crippen molar-refractivity contribution in [3.63, 3.8) is 0 Å². The number of aromatic nitrogens is 4. The Kier molecular flexibility index (Phi) is 4.72. The van der Waals surface area contributed by atoms with Crippen molar-refractivity contribution in [1.82, 2.24) is 24.5 Å². The monoisotopic (exact) mass is 345 g/mol. The zero-order valence-corrected chi connectivity index (χ0v) is 15.2. The molecule has 8 heteroatoms. The molecule has 2 aromatic rings. The SMILES string of the molecule is CN(C)c1nc2nc3c(c(NCCN4CCOCC4)n2n1)CCCC3. The van der Waals surface area contributed by atoms with Crippen LogP contribution in [0.5, 0.6) is 0 Å². The lowest BCUT2D eigenvalue weighted by Gasteiger charge is -2.27. The highest BCUT2D eigenvalue weighted by atomic mass is 16.5. The molecule has 0 radical (unpaired) electrons. The Morgan fingerprint density at radius 1 is 1.12 bits per heavy atom. The van der Waals surface area contributed by atoms with E-state index in [0.29, 0.717) is 11.7 Å². The van der Waals surface area contributed by atoms with E-state index in [1.165, 1.54) is 24.1 Å². The molecule has 2 aliphatic rings. The van der Waals surface area contributed by atoms with Gasteiger partial charge in [0.1, 0.15) is 5.82 Å². The van der Waals surface area contributed by atoms with Crippen molar-refractivity contribution in [1.29, 1.82) is 0 Å². The van der Waals surface area contributed by atoms with Gasteiger partial charge in [-0.25, -0.2) is 4.98 Å². The lowest BCUT2D eigenvalue weighted by molar-refractivity contribution is 0.0398. The van der Waals surface area contributed by atoms with Crippen LogP contribution >= 0.6 is 0 Å². The number of morpholine rings is 1. The number of ether oxygens (including phenoxy) is 1. The van der Waals surface area contributed by atoms with Crippen LogP contribution in [0.2, 0.25) is 0 Å². The average molecular weight is 345 g/mol. The number of aryl methyl sites for hydroxylation is 1. The number of nitrogens with one attached hydrogen (secondary N) is 1. The van der Waals surface area contributed by atoms with Gasteiger partial charge in [-0.3, -0.25) is 4.90 Å². The third-order valence-electron chi connectivity index (χ3n) is 4.97. The van der Waals surface area contributed by atoms with Gasteiger partial charge in [0.25, 0.3) is 5.78 Å². The third kappa shape index (κ3) is 3.41. The van der Waals surface area contributed by atoms with E-state index in [9.17, 15) is 0 Å². The normalized spacial score (nSPS) is 18.3. The van der Waals surface area contributed by atoms with Crippen LogP contribution in [-0.2, 0) is 17.6 Å². The van der Waals surface area contributed by atoms with Gasteiger partial charge in [-0.1, -0.05) is 0 Å². The van der Waals surface area contributed by atoms with Crippen molar-refractivity contribution < 1.29 is 4.74 Å². The predicted molar refractivity (Wildman–Crippen MR) is 97.5 cm³/mol. The van der Waals surface area contributed by atoms with Gasteiger partial charge in [0.2, 0.25) is 5.95 Å². The van der Waals surface area contributed by atoms with Crippen LogP contribution in [0.1, 0.15) is 24.1 Å². The first-order valence-electron chi connectivity index (χ1n) is 9.22. The van der Waals surface area contributed by atoms with E-state index < -0.39 is 0 Å². The molecule has 0 atom stereocenters. The molecule has 0 bridgehead atoms. The molecule has 1 N–H and O–H groups in total. The van der Waals surface area contributed by atoms with Crippen molar-refractivity contribution in [2.24, 2.45) is 0 Å². The smallest absolute Gasteiger partial charge is 0.256 e. The molecule has 3 heterocycles. The van der Waals surface area contributed by atoms with E-state index in [0.717, 1.165) is 58.1 Å². The second-order valence-corrected chi connectivity index (χ2v) is 6.99. The van der Waals surface area contributed by atoms with Crippen molar-refractivity contribution in [3.8, 4) is 0 Å². The van der Waals surface area contributed by atoms with Gasteiger partial charge < -0.3 is 15.0 Å². The van der Waals surface area contributed by atoms with Crippen LogP contribution in [-0.4, -0.2) is 78.0 Å². The van der Waals surface area contributed by atoms with E-state index in [1.807, 2.05) is 23.5 Å². The van der Waals surface area contributed by atoms with Crippen LogP contribution in [0.15, 0.2) is 0 Å². The molecule has 136 valence electrons. The standard InChI is InChI=1S/C17H27N7O/c1-22(2)17-20-16-19-14-6-4-3-5-13(14)15(24(16)21-17)18-7-8-23-9-11-25-12-10-23/h18H,3-12H2,1-2H3. The third-order valence-corrected chi connectivity index (χ3v) is 4.97. The Morgan fingerprint density at radius 3 is 2.72 bits per heavy atom. The molecular weight excluding hydrogens is 318 g/mol. The summed E-state index contributed by atoms with van der Waals surface area (Å²) in [6.07, 6.45) is 4.52. The summed E-state index contributed by atoms with van der Waals surface area (Å²) < 4.78 is 7.31. The fourth-order valence-electron chi connectivity index (χ4n) is 3.56. The Bertz CT molecular complexity index is 736. The van der Waals surface area contributed by atoms with Gasteiger partial charge in [-0.05, 0) is 25.7 Å². The quantitative estimate of drug-likeness (QED) is 0.860. The largest absolute Gasteiger partial charge is 0.379 e.